The van der Waals surface area contributed by atoms with Crippen LogP contribution in [0.25, 0.3) is 16.8 Å². The Morgan fingerprint density at radius 2 is 1.78 bits per heavy atom. The van der Waals surface area contributed by atoms with Crippen LogP contribution in [0.5, 0.6) is 0 Å². The molecule has 0 aliphatic carbocycles. The first-order valence-electron chi connectivity index (χ1n) is 8.01. The largest absolute Gasteiger partial charge is 0.302 e. The topological polar surface area (TPSA) is 41.1 Å². The molecule has 0 radical (unpaired) electrons. The SMILES string of the molecule is CC1(C)C(=O)NN/C1=C\c1cccc2cc(C(C)(C)C)ccc12. The highest BCUT2D eigenvalue weighted by molar-refractivity contribution is 5.94. The third-order valence-electron chi connectivity index (χ3n) is 4.63. The van der Waals surface area contributed by atoms with E-state index in [1.165, 1.54) is 16.3 Å². The molecule has 1 fully saturated rings. The van der Waals surface area contributed by atoms with Crippen LogP contribution in [0, 0.1) is 5.41 Å². The van der Waals surface area contributed by atoms with Crippen LogP contribution in [0.4, 0.5) is 0 Å². The summed E-state index contributed by atoms with van der Waals surface area (Å²) in [5.41, 5.74) is 8.65. The van der Waals surface area contributed by atoms with E-state index < -0.39 is 5.41 Å². The number of carbonyl (C=O) groups is 1. The first-order valence-corrected chi connectivity index (χ1v) is 8.01. The summed E-state index contributed by atoms with van der Waals surface area (Å²) in [5, 5.41) is 2.42. The molecule has 23 heavy (non-hydrogen) atoms. The first kappa shape index (κ1) is 15.6. The van der Waals surface area contributed by atoms with Gasteiger partial charge in [0.15, 0.2) is 0 Å². The van der Waals surface area contributed by atoms with Gasteiger partial charge in [-0.3, -0.25) is 10.2 Å². The lowest BCUT2D eigenvalue weighted by atomic mass is 9.85. The Kier molecular flexibility index (Phi) is 3.47. The maximum Gasteiger partial charge on any atom is 0.249 e. The molecule has 1 amide bonds. The molecule has 1 aliphatic heterocycles. The highest BCUT2D eigenvalue weighted by Crippen LogP contribution is 2.32. The van der Waals surface area contributed by atoms with Gasteiger partial charge in [0.1, 0.15) is 0 Å². The number of amides is 1. The normalized spacial score (nSPS) is 19.0. The van der Waals surface area contributed by atoms with Crippen LogP contribution in [-0.2, 0) is 10.2 Å². The molecule has 0 atom stereocenters. The monoisotopic (exact) mass is 308 g/mol. The number of hydrogen-bond donors (Lipinski definition) is 2. The smallest absolute Gasteiger partial charge is 0.249 e. The van der Waals surface area contributed by atoms with Crippen LogP contribution in [-0.4, -0.2) is 5.91 Å². The summed E-state index contributed by atoms with van der Waals surface area (Å²) in [6, 6.07) is 12.9. The molecule has 0 saturated carbocycles. The van der Waals surface area contributed by atoms with E-state index in [2.05, 4.69) is 74.1 Å². The number of carbonyl (C=O) groups excluding carboxylic acids is 1. The summed E-state index contributed by atoms with van der Waals surface area (Å²) < 4.78 is 0. The quantitative estimate of drug-likeness (QED) is 0.831. The second-order valence-electron chi connectivity index (χ2n) is 7.80. The number of fused-ring (bicyclic) bond motifs is 1. The van der Waals surface area contributed by atoms with Crippen LogP contribution < -0.4 is 10.9 Å². The number of nitrogens with one attached hydrogen (secondary N) is 2. The van der Waals surface area contributed by atoms with Crippen molar-refractivity contribution in [2.75, 3.05) is 0 Å². The minimum atomic E-state index is -0.534. The van der Waals surface area contributed by atoms with Crippen LogP contribution >= 0.6 is 0 Å². The minimum Gasteiger partial charge on any atom is -0.302 e. The van der Waals surface area contributed by atoms with Gasteiger partial charge < -0.3 is 5.43 Å². The van der Waals surface area contributed by atoms with Gasteiger partial charge in [0.25, 0.3) is 0 Å². The lowest BCUT2D eigenvalue weighted by Crippen LogP contribution is -2.28. The van der Waals surface area contributed by atoms with Gasteiger partial charge in [-0.25, -0.2) is 0 Å². The van der Waals surface area contributed by atoms with Crippen molar-refractivity contribution >= 4 is 22.8 Å². The Labute approximate surface area is 137 Å². The second kappa shape index (κ2) is 5.12. The average Bonchev–Trinajstić information content (AvgIpc) is 2.73. The van der Waals surface area contributed by atoms with Crippen molar-refractivity contribution in [2.24, 2.45) is 5.41 Å². The number of hydrogen-bond acceptors (Lipinski definition) is 2. The minimum absolute atomic E-state index is 0.000921. The highest BCUT2D eigenvalue weighted by atomic mass is 16.2. The summed E-state index contributed by atoms with van der Waals surface area (Å²) in [6.07, 6.45) is 2.07. The van der Waals surface area contributed by atoms with Gasteiger partial charge in [0.2, 0.25) is 5.91 Å². The molecule has 0 bridgehead atoms. The maximum absolute atomic E-state index is 11.9. The van der Waals surface area contributed by atoms with Crippen molar-refractivity contribution in [1.82, 2.24) is 10.9 Å². The van der Waals surface area contributed by atoms with Gasteiger partial charge >= 0.3 is 0 Å². The fraction of sp³-hybridized carbons (Fsp3) is 0.350. The molecule has 0 spiro atoms. The zero-order valence-electron chi connectivity index (χ0n) is 14.4. The number of rotatable bonds is 1. The molecule has 1 aliphatic rings. The molecule has 3 nitrogen and oxygen atoms in total. The molecular formula is C20H24N2O. The Balaban J connectivity index is 2.11. The van der Waals surface area contributed by atoms with E-state index in [4.69, 9.17) is 0 Å². The molecule has 2 aromatic rings. The van der Waals surface area contributed by atoms with E-state index in [-0.39, 0.29) is 11.3 Å². The zero-order valence-corrected chi connectivity index (χ0v) is 14.4. The van der Waals surface area contributed by atoms with Crippen molar-refractivity contribution < 1.29 is 4.79 Å². The summed E-state index contributed by atoms with van der Waals surface area (Å²) in [6.45, 7) is 10.5. The van der Waals surface area contributed by atoms with Crippen molar-refractivity contribution in [3.8, 4) is 0 Å². The molecule has 0 aromatic heterocycles. The van der Waals surface area contributed by atoms with Gasteiger partial charge in [0, 0.05) is 5.70 Å². The van der Waals surface area contributed by atoms with Crippen LogP contribution in [0.2, 0.25) is 0 Å². The van der Waals surface area contributed by atoms with E-state index >= 15 is 0 Å². The second-order valence-corrected chi connectivity index (χ2v) is 7.80. The van der Waals surface area contributed by atoms with Crippen molar-refractivity contribution in [1.29, 1.82) is 0 Å². The van der Waals surface area contributed by atoms with Crippen molar-refractivity contribution in [2.45, 2.75) is 40.0 Å². The van der Waals surface area contributed by atoms with Crippen LogP contribution in [0.3, 0.4) is 0 Å². The fourth-order valence-electron chi connectivity index (χ4n) is 2.83. The zero-order chi connectivity index (χ0) is 16.8. The molecule has 2 N–H and O–H groups in total. The predicted octanol–water partition coefficient (Wildman–Crippen LogP) is 4.14. The molecule has 2 aromatic carbocycles. The van der Waals surface area contributed by atoms with E-state index in [1.807, 2.05) is 13.8 Å². The van der Waals surface area contributed by atoms with Gasteiger partial charge in [-0.2, -0.15) is 0 Å². The predicted molar refractivity (Wildman–Crippen MR) is 95.7 cm³/mol. The molecular weight excluding hydrogens is 284 g/mol. The standard InChI is InChI=1S/C20H24N2O/c1-19(2,3)15-9-10-16-13(11-15)7-6-8-14(16)12-17-20(4,5)18(23)22-21-17/h6-12,21H,1-5H3,(H,22,23)/b17-12-. The molecule has 3 rings (SSSR count). The van der Waals surface area contributed by atoms with E-state index in [9.17, 15) is 4.79 Å². The Morgan fingerprint density at radius 3 is 2.39 bits per heavy atom. The lowest BCUT2D eigenvalue weighted by molar-refractivity contribution is -0.125. The Morgan fingerprint density at radius 1 is 1.04 bits per heavy atom. The molecule has 0 unspecified atom stereocenters. The molecule has 1 saturated heterocycles. The van der Waals surface area contributed by atoms with E-state index in [1.54, 1.807) is 0 Å². The summed E-state index contributed by atoms with van der Waals surface area (Å²) in [5.74, 6) is -0.000921. The van der Waals surface area contributed by atoms with E-state index in [0.29, 0.717) is 0 Å². The number of benzene rings is 2. The van der Waals surface area contributed by atoms with Crippen LogP contribution in [0.1, 0.15) is 45.7 Å². The van der Waals surface area contributed by atoms with Gasteiger partial charge in [-0.1, -0.05) is 57.2 Å². The molecule has 3 heteroatoms. The Hall–Kier alpha value is -2.29. The first-order chi connectivity index (χ1) is 10.7. The third-order valence-corrected chi connectivity index (χ3v) is 4.63. The summed E-state index contributed by atoms with van der Waals surface area (Å²) >= 11 is 0. The summed E-state index contributed by atoms with van der Waals surface area (Å²) in [4.78, 5) is 11.9. The highest BCUT2D eigenvalue weighted by Gasteiger charge is 2.37. The average molecular weight is 308 g/mol. The van der Waals surface area contributed by atoms with Crippen LogP contribution in [0.15, 0.2) is 42.1 Å². The van der Waals surface area contributed by atoms with Gasteiger partial charge in [-0.05, 0) is 47.2 Å². The van der Waals surface area contributed by atoms with Gasteiger partial charge in [0.05, 0.1) is 5.41 Å². The summed E-state index contributed by atoms with van der Waals surface area (Å²) in [7, 11) is 0. The third kappa shape index (κ3) is 2.72. The maximum atomic E-state index is 11.9. The molecule has 1 heterocycles. The molecule has 120 valence electrons. The number of hydrazine groups is 1. The Bertz CT molecular complexity index is 810. The van der Waals surface area contributed by atoms with Crippen molar-refractivity contribution in [3.63, 3.8) is 0 Å². The van der Waals surface area contributed by atoms with Gasteiger partial charge in [-0.15, -0.1) is 0 Å². The lowest BCUT2D eigenvalue weighted by Gasteiger charge is -2.20. The fourth-order valence-corrected chi connectivity index (χ4v) is 2.83. The van der Waals surface area contributed by atoms with E-state index in [0.717, 1.165) is 11.3 Å². The van der Waals surface area contributed by atoms with Crippen molar-refractivity contribution in [3.05, 3.63) is 53.2 Å².